The molecule has 3 nitrogen and oxygen atoms in total. The molecule has 0 amide bonds. The van der Waals surface area contributed by atoms with Crippen LogP contribution in [0.3, 0.4) is 0 Å². The van der Waals surface area contributed by atoms with Crippen LogP contribution < -0.4 is 4.74 Å². The largest absolute Gasteiger partial charge is 0.489 e. The smallest absolute Gasteiger partial charge is 0.261 e. The minimum atomic E-state index is -3.77. The predicted octanol–water partition coefficient (Wildman–Crippen LogP) is 4.57. The zero-order valence-corrected chi connectivity index (χ0v) is 14.9. The summed E-state index contributed by atoms with van der Waals surface area (Å²) >= 11 is 0. The second-order valence-electron chi connectivity index (χ2n) is 6.19. The van der Waals surface area contributed by atoms with Crippen molar-refractivity contribution in [1.29, 1.82) is 0 Å². The van der Waals surface area contributed by atoms with Crippen LogP contribution in [-0.4, -0.2) is 15.0 Å². The molecule has 0 aliphatic carbocycles. The molecule has 0 saturated heterocycles. The number of ether oxygens (including phenoxy) is 1. The van der Waals surface area contributed by atoms with Gasteiger partial charge in [0.15, 0.2) is 0 Å². The highest BCUT2D eigenvalue weighted by Gasteiger charge is 2.24. The summed E-state index contributed by atoms with van der Waals surface area (Å²) in [4.78, 5) is 0.135. The summed E-state index contributed by atoms with van der Waals surface area (Å²) in [7, 11) is 1.74. The standard InChI is InChI=1S/C16H23ClO3S/c1-7-11(2)10-20-14-8-12(3)15(21(17,18)19)9-13(14)16(4,5)6/h8-9H,2,7,10H2,1,3-6H3. The lowest BCUT2D eigenvalue weighted by Gasteiger charge is -2.24. The molecule has 118 valence electrons. The van der Waals surface area contributed by atoms with E-state index in [0.717, 1.165) is 17.6 Å². The first kappa shape index (κ1) is 18.1. The third kappa shape index (κ3) is 4.75. The molecular weight excluding hydrogens is 308 g/mol. The van der Waals surface area contributed by atoms with Crippen LogP contribution in [0.2, 0.25) is 0 Å². The third-order valence-electron chi connectivity index (χ3n) is 3.28. The van der Waals surface area contributed by atoms with Gasteiger partial charge < -0.3 is 4.74 Å². The average molecular weight is 331 g/mol. The van der Waals surface area contributed by atoms with Gasteiger partial charge in [-0.15, -0.1) is 0 Å². The number of halogens is 1. The van der Waals surface area contributed by atoms with Crippen molar-refractivity contribution < 1.29 is 13.2 Å². The lowest BCUT2D eigenvalue weighted by atomic mass is 9.86. The van der Waals surface area contributed by atoms with Gasteiger partial charge in [0.05, 0.1) is 4.90 Å². The van der Waals surface area contributed by atoms with Crippen molar-refractivity contribution in [2.24, 2.45) is 0 Å². The van der Waals surface area contributed by atoms with Gasteiger partial charge in [0.1, 0.15) is 12.4 Å². The van der Waals surface area contributed by atoms with Crippen molar-refractivity contribution in [3.05, 3.63) is 35.4 Å². The maximum atomic E-state index is 11.7. The first-order valence-corrected chi connectivity index (χ1v) is 9.17. The van der Waals surface area contributed by atoms with E-state index < -0.39 is 9.05 Å². The van der Waals surface area contributed by atoms with Crippen molar-refractivity contribution >= 4 is 19.7 Å². The van der Waals surface area contributed by atoms with Gasteiger partial charge in [-0.3, -0.25) is 0 Å². The van der Waals surface area contributed by atoms with Crippen molar-refractivity contribution in [1.82, 2.24) is 0 Å². The van der Waals surface area contributed by atoms with Crippen LogP contribution >= 0.6 is 10.7 Å². The monoisotopic (exact) mass is 330 g/mol. The number of aryl methyl sites for hydroxylation is 1. The fraction of sp³-hybridized carbons (Fsp3) is 0.500. The van der Waals surface area contributed by atoms with Crippen LogP contribution in [0.4, 0.5) is 0 Å². The topological polar surface area (TPSA) is 43.4 Å². The molecule has 0 fully saturated rings. The molecule has 0 radical (unpaired) electrons. The van der Waals surface area contributed by atoms with Gasteiger partial charge in [-0.25, -0.2) is 8.42 Å². The Labute approximate surface area is 132 Å². The molecule has 0 spiro atoms. The normalized spacial score (nSPS) is 12.3. The minimum absolute atomic E-state index is 0.135. The first-order chi connectivity index (χ1) is 9.46. The average Bonchev–Trinajstić information content (AvgIpc) is 2.32. The Balaban J connectivity index is 3.37. The molecule has 0 aliphatic heterocycles. The highest BCUT2D eigenvalue weighted by Crippen LogP contribution is 2.36. The fourth-order valence-corrected chi connectivity index (χ4v) is 3.11. The molecule has 1 rings (SSSR count). The zero-order valence-electron chi connectivity index (χ0n) is 13.3. The Bertz CT molecular complexity index is 640. The van der Waals surface area contributed by atoms with E-state index in [-0.39, 0.29) is 10.3 Å². The number of rotatable bonds is 5. The van der Waals surface area contributed by atoms with Gasteiger partial charge in [0, 0.05) is 16.2 Å². The molecule has 5 heteroatoms. The fourth-order valence-electron chi connectivity index (χ4n) is 1.91. The van der Waals surface area contributed by atoms with Crippen molar-refractivity contribution in [3.63, 3.8) is 0 Å². The molecular formula is C16H23ClO3S. The number of hydrogen-bond donors (Lipinski definition) is 0. The molecule has 0 heterocycles. The van der Waals surface area contributed by atoms with Crippen molar-refractivity contribution in [2.45, 2.75) is 51.3 Å². The Morgan fingerprint density at radius 3 is 2.33 bits per heavy atom. The van der Waals surface area contributed by atoms with E-state index in [1.165, 1.54) is 0 Å². The first-order valence-electron chi connectivity index (χ1n) is 6.86. The van der Waals surface area contributed by atoms with E-state index in [1.807, 2.05) is 27.7 Å². The molecule has 0 bridgehead atoms. The Morgan fingerprint density at radius 2 is 1.90 bits per heavy atom. The maximum absolute atomic E-state index is 11.7. The molecule has 0 aliphatic rings. The van der Waals surface area contributed by atoms with Gasteiger partial charge in [-0.1, -0.05) is 34.3 Å². The summed E-state index contributed by atoms with van der Waals surface area (Å²) in [6.07, 6.45) is 0.845. The Morgan fingerprint density at radius 1 is 1.33 bits per heavy atom. The summed E-state index contributed by atoms with van der Waals surface area (Å²) < 4.78 is 29.2. The molecule has 0 N–H and O–H groups in total. The lowest BCUT2D eigenvalue weighted by molar-refractivity contribution is 0.337. The van der Waals surface area contributed by atoms with Crippen LogP contribution in [0.1, 0.15) is 45.2 Å². The third-order valence-corrected chi connectivity index (χ3v) is 4.74. The van der Waals surface area contributed by atoms with E-state index in [0.29, 0.717) is 17.9 Å². The number of hydrogen-bond acceptors (Lipinski definition) is 3. The molecule has 0 aromatic heterocycles. The van der Waals surface area contributed by atoms with Crippen LogP contribution in [0.15, 0.2) is 29.2 Å². The summed E-state index contributed by atoms with van der Waals surface area (Å²) in [5, 5.41) is 0. The summed E-state index contributed by atoms with van der Waals surface area (Å²) in [5.41, 5.74) is 2.13. The van der Waals surface area contributed by atoms with Crippen LogP contribution in [0.5, 0.6) is 5.75 Å². The number of benzene rings is 1. The second-order valence-corrected chi connectivity index (χ2v) is 8.73. The van der Waals surface area contributed by atoms with E-state index >= 15 is 0 Å². The molecule has 1 aromatic carbocycles. The molecule has 0 unspecified atom stereocenters. The van der Waals surface area contributed by atoms with E-state index in [9.17, 15) is 8.42 Å². The molecule has 0 saturated carbocycles. The molecule has 1 aromatic rings. The van der Waals surface area contributed by atoms with Crippen LogP contribution in [0.25, 0.3) is 0 Å². The van der Waals surface area contributed by atoms with E-state index in [4.69, 9.17) is 15.4 Å². The van der Waals surface area contributed by atoms with Gasteiger partial charge in [-0.05, 0) is 42.0 Å². The SMILES string of the molecule is C=C(CC)COc1cc(C)c(S(=O)(=O)Cl)cc1C(C)(C)C. The molecule has 21 heavy (non-hydrogen) atoms. The van der Waals surface area contributed by atoms with Crippen LogP contribution in [0, 0.1) is 6.92 Å². The Kier molecular flexibility index (Phi) is 5.51. The van der Waals surface area contributed by atoms with Gasteiger partial charge in [0.2, 0.25) is 0 Å². The summed E-state index contributed by atoms with van der Waals surface area (Å²) in [6.45, 7) is 14.1. The summed E-state index contributed by atoms with van der Waals surface area (Å²) in [6, 6.07) is 3.35. The van der Waals surface area contributed by atoms with Crippen LogP contribution in [-0.2, 0) is 14.5 Å². The predicted molar refractivity (Wildman–Crippen MR) is 87.8 cm³/mol. The van der Waals surface area contributed by atoms with Crippen molar-refractivity contribution in [2.75, 3.05) is 6.61 Å². The van der Waals surface area contributed by atoms with E-state index in [1.54, 1.807) is 19.1 Å². The lowest BCUT2D eigenvalue weighted by Crippen LogP contribution is -2.15. The quantitative estimate of drug-likeness (QED) is 0.587. The van der Waals surface area contributed by atoms with E-state index in [2.05, 4.69) is 6.58 Å². The van der Waals surface area contributed by atoms with Crippen molar-refractivity contribution in [3.8, 4) is 5.75 Å². The highest BCUT2D eigenvalue weighted by molar-refractivity contribution is 8.13. The van der Waals surface area contributed by atoms with Gasteiger partial charge in [0.25, 0.3) is 9.05 Å². The zero-order chi connectivity index (χ0) is 16.4. The Hall–Kier alpha value is -1.00. The second kappa shape index (κ2) is 6.41. The highest BCUT2D eigenvalue weighted by atomic mass is 35.7. The maximum Gasteiger partial charge on any atom is 0.261 e. The van der Waals surface area contributed by atoms with Gasteiger partial charge in [-0.2, -0.15) is 0 Å². The minimum Gasteiger partial charge on any atom is -0.489 e. The summed E-state index contributed by atoms with van der Waals surface area (Å²) in [5.74, 6) is 0.679. The molecule has 0 atom stereocenters. The van der Waals surface area contributed by atoms with Gasteiger partial charge >= 0.3 is 0 Å².